The van der Waals surface area contributed by atoms with Crippen molar-refractivity contribution >= 4 is 33.2 Å². The van der Waals surface area contributed by atoms with Crippen LogP contribution in [0.2, 0.25) is 0 Å². The van der Waals surface area contributed by atoms with E-state index in [-0.39, 0.29) is 29.6 Å². The van der Waals surface area contributed by atoms with E-state index in [4.69, 9.17) is 0 Å². The minimum atomic E-state index is -3.62. The normalized spacial score (nSPS) is 11.6. The molecule has 2 amide bonds. The van der Waals surface area contributed by atoms with Crippen molar-refractivity contribution in [3.63, 3.8) is 0 Å². The number of nitrogens with one attached hydrogen (secondary N) is 3. The van der Waals surface area contributed by atoms with Gasteiger partial charge in [-0.1, -0.05) is 39.0 Å². The van der Waals surface area contributed by atoms with Crippen LogP contribution in [0.15, 0.2) is 35.6 Å². The van der Waals surface area contributed by atoms with Gasteiger partial charge in [0, 0.05) is 30.6 Å². The zero-order chi connectivity index (χ0) is 22.6. The van der Waals surface area contributed by atoms with Crippen LogP contribution in [0.5, 0.6) is 0 Å². The van der Waals surface area contributed by atoms with E-state index in [9.17, 15) is 13.2 Å². The second-order valence-electron chi connectivity index (χ2n) is 7.48. The number of nitrogens with zero attached hydrogens (tertiary/aromatic N) is 4. The molecule has 2 aromatic heterocycles. The van der Waals surface area contributed by atoms with Gasteiger partial charge in [0.1, 0.15) is 0 Å². The summed E-state index contributed by atoms with van der Waals surface area (Å²) in [6.45, 7) is 6.81. The van der Waals surface area contributed by atoms with E-state index in [2.05, 4.69) is 31.0 Å². The minimum absolute atomic E-state index is 0.110. The van der Waals surface area contributed by atoms with Gasteiger partial charge in [0.25, 0.3) is 5.16 Å². The van der Waals surface area contributed by atoms with E-state index in [1.165, 1.54) is 4.52 Å². The van der Waals surface area contributed by atoms with Crippen molar-refractivity contribution in [3.05, 3.63) is 41.6 Å². The summed E-state index contributed by atoms with van der Waals surface area (Å²) in [6.07, 6.45) is 3.58. The molecule has 0 spiro atoms. The fourth-order valence-corrected chi connectivity index (χ4v) is 3.44. The Kier molecular flexibility index (Phi) is 6.74. The molecular formula is C20H27N7O3S. The van der Waals surface area contributed by atoms with Gasteiger partial charge in [-0.2, -0.15) is 19.6 Å². The average Bonchev–Trinajstić information content (AvgIpc) is 3.15. The Morgan fingerprint density at radius 1 is 1.19 bits per heavy atom. The lowest BCUT2D eigenvalue weighted by molar-refractivity contribution is 0.252. The number of amides is 2. The molecule has 0 radical (unpaired) electrons. The van der Waals surface area contributed by atoms with Crippen molar-refractivity contribution in [1.82, 2.24) is 24.9 Å². The molecule has 31 heavy (non-hydrogen) atoms. The molecule has 0 aliphatic carbocycles. The topological polar surface area (TPSA) is 130 Å². The third-order valence-corrected chi connectivity index (χ3v) is 5.41. The first kappa shape index (κ1) is 22.5. The van der Waals surface area contributed by atoms with E-state index in [1.807, 2.05) is 39.0 Å². The highest BCUT2D eigenvalue weighted by Crippen LogP contribution is 2.23. The highest BCUT2D eigenvalue weighted by molar-refractivity contribution is 7.90. The standard InChI is InChI=1S/C20H27N7O3S/c1-5-10-21-19(28)24-16-9-7-6-8-14(16)11-22-18-26-20(31(4,29)30)25-17-15(13(2)3)12-23-27(17)18/h6-9,12-13H,5,10-11H2,1-4H3,(H2,21,24,28)(H,22,25,26). The molecule has 0 bridgehead atoms. The van der Waals surface area contributed by atoms with E-state index < -0.39 is 9.84 Å². The summed E-state index contributed by atoms with van der Waals surface area (Å²) in [7, 11) is -3.62. The van der Waals surface area contributed by atoms with Crippen LogP contribution in [0.4, 0.5) is 16.4 Å². The molecule has 3 aromatic rings. The largest absolute Gasteiger partial charge is 0.350 e. The molecule has 166 valence electrons. The van der Waals surface area contributed by atoms with Crippen LogP contribution < -0.4 is 16.0 Å². The van der Waals surface area contributed by atoms with Crippen LogP contribution in [-0.4, -0.2) is 46.8 Å². The van der Waals surface area contributed by atoms with Crippen LogP contribution in [0.1, 0.15) is 44.2 Å². The molecule has 0 saturated carbocycles. The fraction of sp³-hybridized carbons (Fsp3) is 0.400. The highest BCUT2D eigenvalue weighted by Gasteiger charge is 2.20. The molecular weight excluding hydrogens is 418 g/mol. The van der Waals surface area contributed by atoms with Crippen molar-refractivity contribution < 1.29 is 13.2 Å². The Hall–Kier alpha value is -3.21. The SMILES string of the molecule is CCCNC(=O)Nc1ccccc1CNc1nc(S(C)(=O)=O)nc2c(C(C)C)cnn12. The zero-order valence-electron chi connectivity index (χ0n) is 18.0. The molecule has 1 aromatic carbocycles. The second-order valence-corrected chi connectivity index (χ2v) is 9.39. The Bertz CT molecular complexity index is 1190. The van der Waals surface area contributed by atoms with Gasteiger partial charge < -0.3 is 16.0 Å². The number of urea groups is 1. The van der Waals surface area contributed by atoms with Crippen LogP contribution in [0, 0.1) is 0 Å². The first-order chi connectivity index (χ1) is 14.7. The summed E-state index contributed by atoms with van der Waals surface area (Å²) >= 11 is 0. The average molecular weight is 446 g/mol. The molecule has 11 heteroatoms. The predicted octanol–water partition coefficient (Wildman–Crippen LogP) is 2.79. The van der Waals surface area contributed by atoms with Crippen LogP contribution in [-0.2, 0) is 16.4 Å². The van der Waals surface area contributed by atoms with Gasteiger partial charge in [-0.15, -0.1) is 0 Å². The predicted molar refractivity (Wildman–Crippen MR) is 119 cm³/mol. The van der Waals surface area contributed by atoms with Crippen molar-refractivity contribution in [3.8, 4) is 0 Å². The molecule has 3 N–H and O–H groups in total. The van der Waals surface area contributed by atoms with Gasteiger partial charge in [-0.3, -0.25) is 0 Å². The lowest BCUT2D eigenvalue weighted by atomic mass is 10.1. The molecule has 2 heterocycles. The van der Waals surface area contributed by atoms with Crippen LogP contribution in [0.3, 0.4) is 0 Å². The van der Waals surface area contributed by atoms with Crippen molar-refractivity contribution in [2.24, 2.45) is 0 Å². The lowest BCUT2D eigenvalue weighted by Gasteiger charge is -2.14. The quantitative estimate of drug-likeness (QED) is 0.486. The monoisotopic (exact) mass is 445 g/mol. The number of anilines is 2. The van der Waals surface area contributed by atoms with Crippen LogP contribution >= 0.6 is 0 Å². The van der Waals surface area contributed by atoms with Crippen LogP contribution in [0.25, 0.3) is 5.65 Å². The summed E-state index contributed by atoms with van der Waals surface area (Å²) in [4.78, 5) is 20.5. The van der Waals surface area contributed by atoms with Gasteiger partial charge in [-0.05, 0) is 24.0 Å². The number of aromatic nitrogens is 4. The maximum Gasteiger partial charge on any atom is 0.319 e. The van der Waals surface area contributed by atoms with Crippen molar-refractivity contribution in [2.75, 3.05) is 23.4 Å². The van der Waals surface area contributed by atoms with Crippen molar-refractivity contribution in [1.29, 1.82) is 0 Å². The molecule has 10 nitrogen and oxygen atoms in total. The van der Waals surface area contributed by atoms with E-state index in [0.717, 1.165) is 23.8 Å². The Morgan fingerprint density at radius 3 is 2.61 bits per heavy atom. The highest BCUT2D eigenvalue weighted by atomic mass is 32.2. The third kappa shape index (κ3) is 5.29. The number of hydrogen-bond donors (Lipinski definition) is 3. The number of hydrogen-bond acceptors (Lipinski definition) is 7. The maximum atomic E-state index is 12.1. The molecule has 0 unspecified atom stereocenters. The minimum Gasteiger partial charge on any atom is -0.350 e. The zero-order valence-corrected chi connectivity index (χ0v) is 18.8. The number of fused-ring (bicyclic) bond motifs is 1. The Balaban J connectivity index is 1.92. The first-order valence-corrected chi connectivity index (χ1v) is 11.9. The van der Waals surface area contributed by atoms with Crippen molar-refractivity contribution in [2.45, 2.75) is 44.8 Å². The fourth-order valence-electron chi connectivity index (χ4n) is 2.94. The number of rotatable bonds is 8. The van der Waals surface area contributed by atoms with Gasteiger partial charge in [0.15, 0.2) is 5.65 Å². The van der Waals surface area contributed by atoms with Gasteiger partial charge >= 0.3 is 6.03 Å². The number of benzene rings is 1. The Morgan fingerprint density at radius 2 is 1.94 bits per heavy atom. The second kappa shape index (κ2) is 9.29. The van der Waals surface area contributed by atoms with Gasteiger partial charge in [0.05, 0.1) is 6.20 Å². The molecule has 0 saturated heterocycles. The lowest BCUT2D eigenvalue weighted by Crippen LogP contribution is -2.29. The first-order valence-electron chi connectivity index (χ1n) is 10.0. The summed E-state index contributed by atoms with van der Waals surface area (Å²) in [5, 5.41) is 12.8. The maximum absolute atomic E-state index is 12.1. The van der Waals surface area contributed by atoms with E-state index >= 15 is 0 Å². The Labute approximate surface area is 181 Å². The summed E-state index contributed by atoms with van der Waals surface area (Å²) in [5.74, 6) is 0.363. The molecule has 3 rings (SSSR count). The summed E-state index contributed by atoms with van der Waals surface area (Å²) in [5.41, 5.74) is 2.71. The number of sulfone groups is 1. The van der Waals surface area contributed by atoms with Gasteiger partial charge in [-0.25, -0.2) is 13.2 Å². The van der Waals surface area contributed by atoms with Gasteiger partial charge in [0.2, 0.25) is 15.8 Å². The third-order valence-electron chi connectivity index (χ3n) is 4.57. The summed E-state index contributed by atoms with van der Waals surface area (Å²) < 4.78 is 25.8. The summed E-state index contributed by atoms with van der Waals surface area (Å²) in [6, 6.07) is 7.05. The number of para-hydroxylation sites is 1. The van der Waals surface area contributed by atoms with E-state index in [0.29, 0.717) is 17.9 Å². The molecule has 0 aliphatic heterocycles. The van der Waals surface area contributed by atoms with E-state index in [1.54, 1.807) is 12.3 Å². The smallest absolute Gasteiger partial charge is 0.319 e. The molecule has 0 fully saturated rings. The number of carbonyl (C=O) groups excluding carboxylic acids is 1. The number of carbonyl (C=O) groups is 1. The molecule has 0 atom stereocenters. The molecule has 0 aliphatic rings.